The van der Waals surface area contributed by atoms with E-state index in [1.807, 2.05) is 24.3 Å². The Morgan fingerprint density at radius 2 is 1.82 bits per heavy atom. The Balaban J connectivity index is 0.000000461. The summed E-state index contributed by atoms with van der Waals surface area (Å²) < 4.78 is 0. The maximum Gasteiger partial charge on any atom is 0.109 e. The Kier molecular flexibility index (Phi) is 7.21. The van der Waals surface area contributed by atoms with Crippen LogP contribution in [0.15, 0.2) is 43.0 Å². The molecular weight excluding hydrogens is 172 g/mol. The summed E-state index contributed by atoms with van der Waals surface area (Å²) in [5.74, 6) is 0. The van der Waals surface area contributed by atoms with Gasteiger partial charge in [0.2, 0.25) is 0 Å². The monoisotopic (exact) mass is 184 g/mol. The van der Waals surface area contributed by atoms with Crippen molar-refractivity contribution >= 4 is 20.6 Å². The molecule has 1 rings (SSSR count). The van der Waals surface area contributed by atoms with E-state index in [1.165, 1.54) is 5.56 Å². The van der Waals surface area contributed by atoms with Gasteiger partial charge in [0.15, 0.2) is 0 Å². The summed E-state index contributed by atoms with van der Waals surface area (Å²) in [6, 6.07) is 10.3. The zero-order chi connectivity index (χ0) is 8.53. The first-order chi connectivity index (χ1) is 5.43. The Bertz CT molecular complexity index is 184. The number of hydrogen-bond acceptors (Lipinski definition) is 0. The van der Waals surface area contributed by atoms with E-state index in [4.69, 9.17) is 11.1 Å². The van der Waals surface area contributed by atoms with Crippen molar-refractivity contribution in [2.45, 2.75) is 6.42 Å². The van der Waals surface area contributed by atoms with E-state index < -0.39 is 0 Å². The first kappa shape index (κ1) is 10.5. The summed E-state index contributed by atoms with van der Waals surface area (Å²) in [5.41, 5.74) is 1.33. The highest BCUT2D eigenvalue weighted by Crippen LogP contribution is 1.98. The highest BCUT2D eigenvalue weighted by molar-refractivity contribution is 6.80. The molecule has 11 heavy (non-hydrogen) atoms. The minimum atomic E-state index is 0.778. The Morgan fingerprint density at radius 1 is 1.27 bits per heavy atom. The molecule has 0 bridgehead atoms. The number of hydrogen-bond donors (Lipinski definition) is 0. The molecule has 1 aromatic rings. The van der Waals surface area contributed by atoms with Crippen LogP contribution in [0.3, 0.4) is 0 Å². The van der Waals surface area contributed by atoms with Gasteiger partial charge in [0, 0.05) is 0 Å². The zero-order valence-electron chi connectivity index (χ0n) is 6.76. The standard InChI is InChI=1S/C9H10.ClH3Si/c1-2-6-9-7-4-3-5-8-9;1-2/h2-5,7-8H,1,6H2;2H3. The van der Waals surface area contributed by atoms with Crippen LogP contribution in [0.4, 0.5) is 0 Å². The summed E-state index contributed by atoms with van der Waals surface area (Å²) in [7, 11) is 0.778. The second kappa shape index (κ2) is 7.57. The Labute approximate surface area is 76.0 Å². The molecule has 0 saturated heterocycles. The van der Waals surface area contributed by atoms with Gasteiger partial charge in [-0.2, -0.15) is 11.1 Å². The van der Waals surface area contributed by atoms with Crippen LogP contribution in [0.5, 0.6) is 0 Å². The third-order valence-electron chi connectivity index (χ3n) is 1.22. The van der Waals surface area contributed by atoms with E-state index >= 15 is 0 Å². The molecule has 0 N–H and O–H groups in total. The van der Waals surface area contributed by atoms with Gasteiger partial charge >= 0.3 is 0 Å². The van der Waals surface area contributed by atoms with Crippen LogP contribution in [0.25, 0.3) is 0 Å². The van der Waals surface area contributed by atoms with E-state index in [9.17, 15) is 0 Å². The predicted molar refractivity (Wildman–Crippen MR) is 56.1 cm³/mol. The molecule has 0 spiro atoms. The fourth-order valence-corrected chi connectivity index (χ4v) is 0.781. The van der Waals surface area contributed by atoms with Gasteiger partial charge in [0.25, 0.3) is 0 Å². The van der Waals surface area contributed by atoms with Gasteiger partial charge < -0.3 is 0 Å². The molecule has 60 valence electrons. The number of rotatable bonds is 2. The molecule has 0 aromatic heterocycles. The van der Waals surface area contributed by atoms with Crippen molar-refractivity contribution in [3.63, 3.8) is 0 Å². The molecule has 1 aromatic carbocycles. The summed E-state index contributed by atoms with van der Waals surface area (Å²) >= 11 is 4.78. The quantitative estimate of drug-likeness (QED) is 0.375. The molecule has 2 heteroatoms. The van der Waals surface area contributed by atoms with Crippen molar-refractivity contribution in [2.75, 3.05) is 0 Å². The Hall–Kier alpha value is -0.533. The normalized spacial score (nSPS) is 8.09. The minimum Gasteiger partial charge on any atom is -0.181 e. The van der Waals surface area contributed by atoms with Gasteiger partial charge in [-0.15, -0.1) is 6.58 Å². The lowest BCUT2D eigenvalue weighted by atomic mass is 10.2. The van der Waals surface area contributed by atoms with Crippen molar-refractivity contribution in [3.05, 3.63) is 48.6 Å². The van der Waals surface area contributed by atoms with Gasteiger partial charge in [0.05, 0.1) is 0 Å². The number of benzene rings is 1. The minimum absolute atomic E-state index is 0.778. The van der Waals surface area contributed by atoms with Crippen LogP contribution in [-0.4, -0.2) is 9.55 Å². The van der Waals surface area contributed by atoms with E-state index in [1.54, 1.807) is 0 Å². The van der Waals surface area contributed by atoms with Crippen LogP contribution < -0.4 is 0 Å². The first-order valence-corrected chi connectivity index (χ1v) is 6.48. The molecule has 0 aliphatic rings. The summed E-state index contributed by atoms with van der Waals surface area (Å²) in [4.78, 5) is 0. The molecule has 0 saturated carbocycles. The van der Waals surface area contributed by atoms with Crippen molar-refractivity contribution in [1.82, 2.24) is 0 Å². The largest absolute Gasteiger partial charge is 0.181 e. The van der Waals surface area contributed by atoms with Crippen LogP contribution >= 0.6 is 11.1 Å². The topological polar surface area (TPSA) is 0 Å². The summed E-state index contributed by atoms with van der Waals surface area (Å²) in [6.07, 6.45) is 2.89. The molecule has 0 aliphatic carbocycles. The maximum atomic E-state index is 4.78. The average molecular weight is 185 g/mol. The second-order valence-electron chi connectivity index (χ2n) is 1.98. The molecule has 0 unspecified atom stereocenters. The van der Waals surface area contributed by atoms with Crippen LogP contribution in [-0.2, 0) is 6.42 Å². The highest BCUT2D eigenvalue weighted by atomic mass is 35.6. The summed E-state index contributed by atoms with van der Waals surface area (Å²) in [5, 5.41) is 0. The van der Waals surface area contributed by atoms with Crippen molar-refractivity contribution in [3.8, 4) is 0 Å². The maximum absolute atomic E-state index is 4.78. The lowest BCUT2D eigenvalue weighted by Crippen LogP contribution is -1.75. The summed E-state index contributed by atoms with van der Waals surface area (Å²) in [6.45, 7) is 3.66. The number of allylic oxidation sites excluding steroid dienone is 1. The third-order valence-corrected chi connectivity index (χ3v) is 1.22. The van der Waals surface area contributed by atoms with E-state index in [2.05, 4.69) is 18.7 Å². The lowest BCUT2D eigenvalue weighted by molar-refractivity contribution is 1.28. The first-order valence-electron chi connectivity index (χ1n) is 3.46. The molecule has 0 atom stereocenters. The fraction of sp³-hybridized carbons (Fsp3) is 0.111. The van der Waals surface area contributed by atoms with Gasteiger partial charge in [-0.1, -0.05) is 36.4 Å². The van der Waals surface area contributed by atoms with Gasteiger partial charge in [-0.25, -0.2) is 0 Å². The van der Waals surface area contributed by atoms with E-state index in [-0.39, 0.29) is 0 Å². The van der Waals surface area contributed by atoms with Gasteiger partial charge in [-0.3, -0.25) is 0 Å². The van der Waals surface area contributed by atoms with E-state index in [0.29, 0.717) is 0 Å². The third kappa shape index (κ3) is 4.82. The average Bonchev–Trinajstić information content (AvgIpc) is 2.11. The molecule has 0 nitrogen and oxygen atoms in total. The SMILES string of the molecule is C=CCc1ccccc1.[SiH3]Cl. The fourth-order valence-electron chi connectivity index (χ4n) is 0.781. The highest BCUT2D eigenvalue weighted by Gasteiger charge is 1.82. The van der Waals surface area contributed by atoms with Gasteiger partial charge in [-0.05, 0) is 12.0 Å². The van der Waals surface area contributed by atoms with Crippen molar-refractivity contribution < 1.29 is 0 Å². The zero-order valence-corrected chi connectivity index (χ0v) is 9.51. The van der Waals surface area contributed by atoms with Crippen LogP contribution in [0.2, 0.25) is 0 Å². The molecule has 0 heterocycles. The lowest BCUT2D eigenvalue weighted by Gasteiger charge is -1.91. The smallest absolute Gasteiger partial charge is 0.109 e. The van der Waals surface area contributed by atoms with Crippen LogP contribution in [0, 0.1) is 0 Å². The Morgan fingerprint density at radius 3 is 2.27 bits per heavy atom. The number of halogens is 1. The molecule has 0 radical (unpaired) electrons. The second-order valence-corrected chi connectivity index (χ2v) is 1.98. The predicted octanol–water partition coefficient (Wildman–Crippen LogP) is 1.92. The molecular formula is C9H13ClSi. The van der Waals surface area contributed by atoms with Gasteiger partial charge in [0.1, 0.15) is 9.55 Å². The molecule has 0 fully saturated rings. The van der Waals surface area contributed by atoms with Crippen molar-refractivity contribution in [1.29, 1.82) is 0 Å². The molecule has 0 amide bonds. The molecule has 0 aliphatic heterocycles. The van der Waals surface area contributed by atoms with Crippen molar-refractivity contribution in [2.24, 2.45) is 0 Å². The van der Waals surface area contributed by atoms with Crippen LogP contribution in [0.1, 0.15) is 5.56 Å². The van der Waals surface area contributed by atoms with E-state index in [0.717, 1.165) is 16.0 Å².